The van der Waals surface area contributed by atoms with E-state index in [1.165, 1.54) is 6.07 Å². The molecule has 3 nitrogen and oxygen atoms in total. The predicted octanol–water partition coefficient (Wildman–Crippen LogP) is 5.90. The molecular weight excluding hydrogens is 372 g/mol. The second-order valence-electron chi connectivity index (χ2n) is 6.13. The van der Waals surface area contributed by atoms with Crippen molar-refractivity contribution in [3.63, 3.8) is 0 Å². The van der Waals surface area contributed by atoms with Crippen LogP contribution in [0.2, 0.25) is 10.2 Å². The summed E-state index contributed by atoms with van der Waals surface area (Å²) in [7, 11) is 0. The third-order valence-electron chi connectivity index (χ3n) is 4.22. The summed E-state index contributed by atoms with van der Waals surface area (Å²) >= 11 is 11.9. The monoisotopic (exact) mass is 385 g/mol. The molecule has 4 rings (SSSR count). The van der Waals surface area contributed by atoms with E-state index in [9.17, 15) is 4.39 Å². The molecule has 3 heterocycles. The van der Waals surface area contributed by atoms with Crippen LogP contribution < -0.4 is 0 Å². The number of aromatic nitrogens is 3. The SMILES string of the molecule is Cc1ccc(Cn2cc(-c3ccc(Cl)c(F)c3)c3ccc(Cl)nc32)nc1. The first-order chi connectivity index (χ1) is 12.5. The maximum absolute atomic E-state index is 13.9. The summed E-state index contributed by atoms with van der Waals surface area (Å²) in [6.07, 6.45) is 3.77. The fraction of sp³-hybridized carbons (Fsp3) is 0.100. The van der Waals surface area contributed by atoms with Gasteiger partial charge in [-0.15, -0.1) is 0 Å². The molecule has 0 aliphatic carbocycles. The van der Waals surface area contributed by atoms with Crippen molar-refractivity contribution in [1.82, 2.24) is 14.5 Å². The summed E-state index contributed by atoms with van der Waals surface area (Å²) in [5.74, 6) is -0.452. The molecule has 0 spiro atoms. The Labute approximate surface area is 160 Å². The van der Waals surface area contributed by atoms with Crippen LogP contribution in [-0.4, -0.2) is 14.5 Å². The molecule has 130 valence electrons. The highest BCUT2D eigenvalue weighted by atomic mass is 35.5. The third kappa shape index (κ3) is 3.18. The van der Waals surface area contributed by atoms with Crippen LogP contribution >= 0.6 is 23.2 Å². The van der Waals surface area contributed by atoms with E-state index in [2.05, 4.69) is 9.97 Å². The Balaban J connectivity index is 1.86. The van der Waals surface area contributed by atoms with Gasteiger partial charge in [-0.3, -0.25) is 4.98 Å². The maximum Gasteiger partial charge on any atom is 0.142 e. The van der Waals surface area contributed by atoms with Crippen molar-refractivity contribution in [2.24, 2.45) is 0 Å². The molecule has 6 heteroatoms. The van der Waals surface area contributed by atoms with Gasteiger partial charge < -0.3 is 4.57 Å². The highest BCUT2D eigenvalue weighted by Gasteiger charge is 2.14. The van der Waals surface area contributed by atoms with E-state index in [-0.39, 0.29) is 5.02 Å². The van der Waals surface area contributed by atoms with Crippen molar-refractivity contribution in [2.75, 3.05) is 0 Å². The number of pyridine rings is 2. The first-order valence-corrected chi connectivity index (χ1v) is 8.79. The summed E-state index contributed by atoms with van der Waals surface area (Å²) in [5, 5.41) is 1.40. The fourth-order valence-corrected chi connectivity index (χ4v) is 3.18. The number of fused-ring (bicyclic) bond motifs is 1. The lowest BCUT2D eigenvalue weighted by molar-refractivity contribution is 0.629. The quantitative estimate of drug-likeness (QED) is 0.411. The molecule has 1 aromatic carbocycles. The molecule has 0 saturated carbocycles. The molecule has 0 saturated heterocycles. The van der Waals surface area contributed by atoms with Gasteiger partial charge in [0.25, 0.3) is 0 Å². The van der Waals surface area contributed by atoms with Crippen molar-refractivity contribution in [1.29, 1.82) is 0 Å². The zero-order chi connectivity index (χ0) is 18.3. The van der Waals surface area contributed by atoms with E-state index >= 15 is 0 Å². The van der Waals surface area contributed by atoms with E-state index in [1.807, 2.05) is 42.1 Å². The number of aryl methyl sites for hydroxylation is 1. The van der Waals surface area contributed by atoms with E-state index in [1.54, 1.807) is 18.2 Å². The second kappa shape index (κ2) is 6.71. The van der Waals surface area contributed by atoms with E-state index in [0.29, 0.717) is 11.7 Å². The average molecular weight is 386 g/mol. The van der Waals surface area contributed by atoms with Gasteiger partial charge in [0.2, 0.25) is 0 Å². The van der Waals surface area contributed by atoms with Gasteiger partial charge in [0, 0.05) is 23.3 Å². The molecule has 0 N–H and O–H groups in total. The van der Waals surface area contributed by atoms with Crippen molar-refractivity contribution < 1.29 is 4.39 Å². The normalized spacial score (nSPS) is 11.2. The molecule has 0 amide bonds. The topological polar surface area (TPSA) is 30.7 Å². The molecule has 4 aromatic rings. The zero-order valence-electron chi connectivity index (χ0n) is 13.9. The summed E-state index contributed by atoms with van der Waals surface area (Å²) in [6.45, 7) is 2.54. The van der Waals surface area contributed by atoms with Crippen molar-refractivity contribution in [3.8, 4) is 11.1 Å². The largest absolute Gasteiger partial charge is 0.326 e. The van der Waals surface area contributed by atoms with E-state index in [0.717, 1.165) is 33.4 Å². The molecule has 0 fully saturated rings. The minimum atomic E-state index is -0.452. The van der Waals surface area contributed by atoms with Crippen LogP contribution in [0.15, 0.2) is 54.9 Å². The molecule has 0 radical (unpaired) electrons. The fourth-order valence-electron chi connectivity index (χ4n) is 2.92. The highest BCUT2D eigenvalue weighted by Crippen LogP contribution is 2.32. The van der Waals surface area contributed by atoms with Gasteiger partial charge in [-0.05, 0) is 48.4 Å². The second-order valence-corrected chi connectivity index (χ2v) is 6.93. The lowest BCUT2D eigenvalue weighted by Gasteiger charge is -2.04. The molecule has 0 aliphatic rings. The van der Waals surface area contributed by atoms with Crippen LogP contribution in [0.4, 0.5) is 4.39 Å². The van der Waals surface area contributed by atoms with Gasteiger partial charge in [-0.2, -0.15) is 0 Å². The Kier molecular flexibility index (Phi) is 4.39. The smallest absolute Gasteiger partial charge is 0.142 e. The van der Waals surface area contributed by atoms with Crippen LogP contribution in [0, 0.1) is 12.7 Å². The Hall–Kier alpha value is -2.43. The molecule has 26 heavy (non-hydrogen) atoms. The minimum absolute atomic E-state index is 0.0995. The molecule has 0 atom stereocenters. The Bertz CT molecular complexity index is 1100. The van der Waals surface area contributed by atoms with Crippen LogP contribution in [0.25, 0.3) is 22.2 Å². The van der Waals surface area contributed by atoms with Gasteiger partial charge >= 0.3 is 0 Å². The first-order valence-electron chi connectivity index (χ1n) is 8.03. The van der Waals surface area contributed by atoms with Gasteiger partial charge in [0.05, 0.1) is 17.3 Å². The number of nitrogens with zero attached hydrogens (tertiary/aromatic N) is 3. The average Bonchev–Trinajstić information content (AvgIpc) is 2.97. The minimum Gasteiger partial charge on any atom is -0.326 e. The van der Waals surface area contributed by atoms with Crippen LogP contribution in [-0.2, 0) is 6.54 Å². The first kappa shape index (κ1) is 17.0. The van der Waals surface area contributed by atoms with Crippen LogP contribution in [0.1, 0.15) is 11.3 Å². The van der Waals surface area contributed by atoms with Crippen LogP contribution in [0.5, 0.6) is 0 Å². The Morgan fingerprint density at radius 1 is 1.08 bits per heavy atom. The number of hydrogen-bond acceptors (Lipinski definition) is 2. The zero-order valence-corrected chi connectivity index (χ0v) is 15.4. The number of halogens is 3. The summed E-state index contributed by atoms with van der Waals surface area (Å²) < 4.78 is 15.9. The van der Waals surface area contributed by atoms with Crippen molar-refractivity contribution in [3.05, 3.63) is 82.1 Å². The maximum atomic E-state index is 13.9. The van der Waals surface area contributed by atoms with E-state index in [4.69, 9.17) is 23.2 Å². The van der Waals surface area contributed by atoms with Crippen LogP contribution in [0.3, 0.4) is 0 Å². The molecule has 0 aliphatic heterocycles. The van der Waals surface area contributed by atoms with Crippen molar-refractivity contribution >= 4 is 34.2 Å². The van der Waals surface area contributed by atoms with Crippen molar-refractivity contribution in [2.45, 2.75) is 13.5 Å². The standard InChI is InChI=1S/C20H14Cl2FN3/c1-12-2-4-14(24-9-12)10-26-11-16(13-3-6-17(21)18(23)8-13)15-5-7-19(22)25-20(15)26/h2-9,11H,10H2,1H3. The third-order valence-corrected chi connectivity index (χ3v) is 4.74. The lowest BCUT2D eigenvalue weighted by atomic mass is 10.1. The van der Waals surface area contributed by atoms with Gasteiger partial charge in [-0.25, -0.2) is 9.37 Å². The summed E-state index contributed by atoms with van der Waals surface area (Å²) in [4.78, 5) is 8.91. The Morgan fingerprint density at radius 3 is 2.65 bits per heavy atom. The van der Waals surface area contributed by atoms with Gasteiger partial charge in [0.15, 0.2) is 0 Å². The summed E-state index contributed by atoms with van der Waals surface area (Å²) in [6, 6.07) is 12.4. The Morgan fingerprint density at radius 2 is 1.92 bits per heavy atom. The number of rotatable bonds is 3. The van der Waals surface area contributed by atoms with Gasteiger partial charge in [0.1, 0.15) is 16.6 Å². The lowest BCUT2D eigenvalue weighted by Crippen LogP contribution is -2.01. The highest BCUT2D eigenvalue weighted by molar-refractivity contribution is 6.31. The van der Waals surface area contributed by atoms with E-state index < -0.39 is 5.82 Å². The molecular formula is C20H14Cl2FN3. The molecule has 0 unspecified atom stereocenters. The summed E-state index contributed by atoms with van der Waals surface area (Å²) in [5.41, 5.74) is 4.33. The molecule has 3 aromatic heterocycles. The predicted molar refractivity (Wildman–Crippen MR) is 103 cm³/mol. The van der Waals surface area contributed by atoms with Gasteiger partial charge in [-0.1, -0.05) is 35.3 Å². The number of hydrogen-bond donors (Lipinski definition) is 0. The number of benzene rings is 1. The molecule has 0 bridgehead atoms.